The number of benzene rings is 1. The van der Waals surface area contributed by atoms with Crippen LogP contribution in [0.15, 0.2) is 35.5 Å². The van der Waals surface area contributed by atoms with Gasteiger partial charge in [-0.05, 0) is 18.1 Å². The Hall–Kier alpha value is -1.89. The normalized spacial score (nSPS) is 11.9. The average Bonchev–Trinajstić information content (AvgIpc) is 2.75. The van der Waals surface area contributed by atoms with Crippen molar-refractivity contribution in [2.24, 2.45) is 5.92 Å². The minimum absolute atomic E-state index is 0.138. The summed E-state index contributed by atoms with van der Waals surface area (Å²) in [4.78, 5) is 4.18. The number of nitrogens with zero attached hydrogens (tertiary/aromatic N) is 3. The van der Waals surface area contributed by atoms with Gasteiger partial charge in [-0.15, -0.1) is 0 Å². The maximum atomic E-state index is 12.4. The molecule has 2 rings (SSSR count). The molecule has 0 bridgehead atoms. The van der Waals surface area contributed by atoms with Crippen LogP contribution in [0.1, 0.15) is 19.7 Å². The maximum Gasteiger partial charge on any atom is 0.187 e. The molecule has 0 fully saturated rings. The van der Waals surface area contributed by atoms with E-state index in [2.05, 4.69) is 10.1 Å². The Labute approximate surface area is 118 Å². The van der Waals surface area contributed by atoms with E-state index in [4.69, 9.17) is 5.73 Å². The molecule has 0 unspecified atom stereocenters. The first-order chi connectivity index (χ1) is 9.40. The molecule has 20 heavy (non-hydrogen) atoms. The third-order valence-corrected chi connectivity index (χ3v) is 4.49. The van der Waals surface area contributed by atoms with Crippen LogP contribution in [0.3, 0.4) is 0 Å². The molecule has 7 heteroatoms. The van der Waals surface area contributed by atoms with Gasteiger partial charge in [0.25, 0.3) is 0 Å². The molecule has 0 atom stereocenters. The van der Waals surface area contributed by atoms with Crippen molar-refractivity contribution in [1.29, 1.82) is 0 Å². The fourth-order valence-electron chi connectivity index (χ4n) is 1.91. The highest BCUT2D eigenvalue weighted by Crippen LogP contribution is 2.21. The Morgan fingerprint density at radius 3 is 2.65 bits per heavy atom. The van der Waals surface area contributed by atoms with Gasteiger partial charge in [-0.25, -0.2) is 18.1 Å². The van der Waals surface area contributed by atoms with Gasteiger partial charge in [-0.1, -0.05) is 26.0 Å². The van der Waals surface area contributed by atoms with E-state index in [1.165, 1.54) is 12.4 Å². The third kappa shape index (κ3) is 3.16. The Kier molecular flexibility index (Phi) is 4.08. The lowest BCUT2D eigenvalue weighted by molar-refractivity contribution is 0.470. The predicted octanol–water partition coefficient (Wildman–Crippen LogP) is 1.49. The van der Waals surface area contributed by atoms with E-state index in [1.807, 2.05) is 13.8 Å². The molecular weight excluding hydrogens is 276 g/mol. The summed E-state index contributed by atoms with van der Waals surface area (Å²) in [5, 5.41) is 4.07. The van der Waals surface area contributed by atoms with Gasteiger partial charge >= 0.3 is 0 Å². The second kappa shape index (κ2) is 5.62. The van der Waals surface area contributed by atoms with Crippen LogP contribution in [0.4, 0.5) is 5.69 Å². The average molecular weight is 294 g/mol. The number of hydrogen-bond donors (Lipinski definition) is 1. The summed E-state index contributed by atoms with van der Waals surface area (Å²) in [7, 11) is -3.52. The van der Waals surface area contributed by atoms with Crippen LogP contribution in [0.5, 0.6) is 0 Å². The zero-order valence-corrected chi connectivity index (χ0v) is 12.3. The summed E-state index contributed by atoms with van der Waals surface area (Å²) in [6, 6.07) is 6.44. The third-order valence-electron chi connectivity index (χ3n) is 2.81. The number of anilines is 1. The number of rotatable bonds is 5. The molecule has 0 saturated carbocycles. The first-order valence-corrected chi connectivity index (χ1v) is 7.99. The maximum absolute atomic E-state index is 12.4. The summed E-state index contributed by atoms with van der Waals surface area (Å²) in [5.41, 5.74) is 5.98. The molecule has 1 aromatic carbocycles. The van der Waals surface area contributed by atoms with Crippen molar-refractivity contribution in [3.8, 4) is 0 Å². The van der Waals surface area contributed by atoms with Crippen molar-refractivity contribution < 1.29 is 8.42 Å². The van der Waals surface area contributed by atoms with Crippen LogP contribution < -0.4 is 5.73 Å². The Bertz CT molecular complexity index is 692. The van der Waals surface area contributed by atoms with Gasteiger partial charge in [0, 0.05) is 6.54 Å². The highest BCUT2D eigenvalue weighted by atomic mass is 32.2. The lowest BCUT2D eigenvalue weighted by atomic mass is 10.2. The lowest BCUT2D eigenvalue weighted by Gasteiger charge is -2.10. The summed E-state index contributed by atoms with van der Waals surface area (Å²) < 4.78 is 26.4. The lowest BCUT2D eigenvalue weighted by Crippen LogP contribution is -2.15. The molecular formula is C13H18N4O2S. The van der Waals surface area contributed by atoms with Gasteiger partial charge in [0.05, 0.1) is 10.6 Å². The topological polar surface area (TPSA) is 90.9 Å². The van der Waals surface area contributed by atoms with Gasteiger partial charge in [0.1, 0.15) is 17.9 Å². The van der Waals surface area contributed by atoms with Crippen molar-refractivity contribution in [1.82, 2.24) is 14.8 Å². The van der Waals surface area contributed by atoms with Crippen LogP contribution in [0.25, 0.3) is 0 Å². The highest BCUT2D eigenvalue weighted by Gasteiger charge is 2.21. The fourth-order valence-corrected chi connectivity index (χ4v) is 3.34. The largest absolute Gasteiger partial charge is 0.398 e. The first-order valence-electron chi connectivity index (χ1n) is 6.34. The van der Waals surface area contributed by atoms with Crippen LogP contribution in [-0.2, 0) is 22.1 Å². The number of nitrogen functional groups attached to an aromatic ring is 1. The molecule has 2 aromatic rings. The van der Waals surface area contributed by atoms with Crippen LogP contribution in [-0.4, -0.2) is 23.2 Å². The second-order valence-corrected chi connectivity index (χ2v) is 7.01. The van der Waals surface area contributed by atoms with E-state index in [0.29, 0.717) is 18.3 Å². The van der Waals surface area contributed by atoms with Gasteiger partial charge in [-0.2, -0.15) is 5.10 Å². The molecule has 0 aliphatic heterocycles. The Morgan fingerprint density at radius 2 is 2.00 bits per heavy atom. The number of nitrogens with two attached hydrogens (primary N) is 1. The van der Waals surface area contributed by atoms with Gasteiger partial charge in [0.2, 0.25) is 0 Å². The van der Waals surface area contributed by atoms with E-state index in [9.17, 15) is 8.42 Å². The first kappa shape index (κ1) is 14.5. The molecule has 1 aromatic heterocycles. The van der Waals surface area contributed by atoms with E-state index in [1.54, 1.807) is 22.9 Å². The van der Waals surface area contributed by atoms with Crippen molar-refractivity contribution in [2.45, 2.75) is 31.0 Å². The number of hydrogen-bond acceptors (Lipinski definition) is 5. The van der Waals surface area contributed by atoms with Crippen LogP contribution >= 0.6 is 0 Å². The summed E-state index contributed by atoms with van der Waals surface area (Å²) in [5.74, 6) is 0.593. The molecule has 108 valence electrons. The predicted molar refractivity (Wildman–Crippen MR) is 76.6 cm³/mol. The van der Waals surface area contributed by atoms with Crippen molar-refractivity contribution in [3.63, 3.8) is 0 Å². The monoisotopic (exact) mass is 294 g/mol. The Balaban J connectivity index is 2.30. The van der Waals surface area contributed by atoms with Crippen LogP contribution in [0, 0.1) is 5.92 Å². The Morgan fingerprint density at radius 1 is 1.30 bits per heavy atom. The van der Waals surface area contributed by atoms with Gasteiger partial charge in [-0.3, -0.25) is 0 Å². The molecule has 0 amide bonds. The zero-order chi connectivity index (χ0) is 14.8. The highest BCUT2D eigenvalue weighted by molar-refractivity contribution is 7.90. The molecule has 0 aliphatic rings. The summed E-state index contributed by atoms with van der Waals surface area (Å²) in [6.07, 6.45) is 1.38. The smallest absolute Gasteiger partial charge is 0.187 e. The molecule has 0 radical (unpaired) electrons. The minimum atomic E-state index is -3.52. The quantitative estimate of drug-likeness (QED) is 0.844. The minimum Gasteiger partial charge on any atom is -0.398 e. The van der Waals surface area contributed by atoms with Gasteiger partial charge in [0.15, 0.2) is 9.84 Å². The SMILES string of the molecule is CC(C)Cn1ncnc1CS(=O)(=O)c1ccccc1N. The number of aromatic nitrogens is 3. The molecule has 0 spiro atoms. The van der Waals surface area contributed by atoms with Gasteiger partial charge < -0.3 is 5.73 Å². The molecule has 6 nitrogen and oxygen atoms in total. The second-order valence-electron chi connectivity index (χ2n) is 5.05. The van der Waals surface area contributed by atoms with E-state index in [-0.39, 0.29) is 16.3 Å². The van der Waals surface area contributed by atoms with E-state index in [0.717, 1.165) is 0 Å². The van der Waals surface area contributed by atoms with Crippen LogP contribution in [0.2, 0.25) is 0 Å². The summed E-state index contributed by atoms with van der Waals surface area (Å²) in [6.45, 7) is 4.71. The fraction of sp³-hybridized carbons (Fsp3) is 0.385. The standard InChI is InChI=1S/C13H18N4O2S/c1-10(2)7-17-13(15-9-16-17)8-20(18,19)12-6-4-3-5-11(12)14/h3-6,9-10H,7-8,14H2,1-2H3. The molecule has 0 aliphatic carbocycles. The summed E-state index contributed by atoms with van der Waals surface area (Å²) >= 11 is 0. The molecule has 1 heterocycles. The van der Waals surface area contributed by atoms with E-state index < -0.39 is 9.84 Å². The van der Waals surface area contributed by atoms with E-state index >= 15 is 0 Å². The van der Waals surface area contributed by atoms with Crippen molar-refractivity contribution in [3.05, 3.63) is 36.4 Å². The zero-order valence-electron chi connectivity index (χ0n) is 11.5. The number of sulfone groups is 1. The molecule has 2 N–H and O–H groups in total. The van der Waals surface area contributed by atoms with Crippen molar-refractivity contribution >= 4 is 15.5 Å². The van der Waals surface area contributed by atoms with Crippen molar-refractivity contribution in [2.75, 3.05) is 5.73 Å². The molecule has 0 saturated heterocycles. The number of para-hydroxylation sites is 1.